The van der Waals surface area contributed by atoms with Gasteiger partial charge in [-0.05, 0) is 0 Å². The van der Waals surface area contributed by atoms with Crippen molar-refractivity contribution in [3.63, 3.8) is 0 Å². The molecular weight excluding hydrogens is 546 g/mol. The number of halogens is 4. The first-order valence-electron chi connectivity index (χ1n) is 10.4. The van der Waals surface area contributed by atoms with Gasteiger partial charge in [-0.1, -0.05) is 70.1 Å². The second-order valence-electron chi connectivity index (χ2n) is 7.94. The molecule has 10 heteroatoms. The van der Waals surface area contributed by atoms with Gasteiger partial charge in [0, 0.05) is 53.2 Å². The van der Waals surface area contributed by atoms with E-state index in [-0.39, 0.29) is 12.1 Å². The van der Waals surface area contributed by atoms with Crippen LogP contribution in [0.1, 0.15) is 36.1 Å². The maximum atomic E-state index is 13.8. The zero-order valence-corrected chi connectivity index (χ0v) is 20.0. The summed E-state index contributed by atoms with van der Waals surface area (Å²) in [6.45, 7) is 0. The van der Waals surface area contributed by atoms with Crippen LogP contribution in [0.2, 0.25) is 0 Å². The first kappa shape index (κ1) is 21.6. The number of rotatable bonds is 2. The summed E-state index contributed by atoms with van der Waals surface area (Å²) in [5.41, 5.74) is 2.18. The fourth-order valence-corrected chi connectivity index (χ4v) is 5.30. The average molecular weight is 566 g/mol. The molecule has 0 aromatic heterocycles. The van der Waals surface area contributed by atoms with E-state index in [1.807, 2.05) is 60.7 Å². The van der Waals surface area contributed by atoms with Crippen LogP contribution in [0, 0.1) is 0 Å². The van der Waals surface area contributed by atoms with E-state index in [9.17, 15) is 8.78 Å². The molecule has 0 amide bonds. The van der Waals surface area contributed by atoms with Gasteiger partial charge in [0.05, 0.1) is 12.8 Å². The van der Waals surface area contributed by atoms with E-state index in [4.69, 9.17) is 0 Å². The predicted octanol–water partition coefficient (Wildman–Crippen LogP) is 6.05. The Hall–Kier alpha value is -2.20. The molecule has 0 spiro atoms. The minimum atomic E-state index is -0.941. The van der Waals surface area contributed by atoms with Crippen molar-refractivity contribution < 1.29 is 18.2 Å². The van der Waals surface area contributed by atoms with Gasteiger partial charge >= 0.3 is 12.3 Å². The largest absolute Gasteiger partial charge is 0.305 e. The summed E-state index contributed by atoms with van der Waals surface area (Å²) < 4.78 is 32.0. The number of hydrogen-bond acceptors (Lipinski definition) is 4. The summed E-state index contributed by atoms with van der Waals surface area (Å²) in [5, 5.41) is 8.44. The van der Waals surface area contributed by atoms with Gasteiger partial charge in [-0.2, -0.15) is 9.98 Å². The number of hydrogen-bond donors (Lipinski definition) is 0. The highest BCUT2D eigenvalue weighted by atomic mass is 79.9. The van der Waals surface area contributed by atoms with Gasteiger partial charge in [0.25, 0.3) is 9.49 Å². The Balaban J connectivity index is 0.000000135. The quantitative estimate of drug-likeness (QED) is 0.314. The first-order chi connectivity index (χ1) is 15.5. The molecule has 4 aliphatic rings. The lowest BCUT2D eigenvalue weighted by atomic mass is 10.1. The van der Waals surface area contributed by atoms with Crippen LogP contribution in [0.25, 0.3) is 0 Å². The first-order valence-corrected chi connectivity index (χ1v) is 11.9. The fourth-order valence-electron chi connectivity index (χ4n) is 4.51. The molecule has 0 radical (unpaired) electrons. The van der Waals surface area contributed by atoms with Crippen LogP contribution in [0.15, 0.2) is 80.9 Å². The zero-order chi connectivity index (χ0) is 22.2. The van der Waals surface area contributed by atoms with E-state index < -0.39 is 24.7 Å². The average Bonchev–Trinajstić information content (AvgIpc) is 3.53. The Labute approximate surface area is 200 Å². The third-order valence-corrected chi connectivity index (χ3v) is 6.69. The lowest BCUT2D eigenvalue weighted by molar-refractivity contribution is -0.635. The molecule has 164 valence electrons. The fraction of sp³-hybridized carbons (Fsp3) is 0.364. The Kier molecular flexibility index (Phi) is 6.07. The Morgan fingerprint density at radius 3 is 1.41 bits per heavy atom. The number of nitrogens with zero attached hydrogens (tertiary/aromatic N) is 6. The molecule has 2 aromatic rings. The van der Waals surface area contributed by atoms with E-state index >= 15 is 0 Å². The van der Waals surface area contributed by atoms with Crippen molar-refractivity contribution in [2.75, 3.05) is 0 Å². The van der Waals surface area contributed by atoms with Crippen LogP contribution in [0.4, 0.5) is 8.78 Å². The van der Waals surface area contributed by atoms with Crippen molar-refractivity contribution in [2.24, 2.45) is 20.2 Å². The normalized spacial score (nSPS) is 32.2. The number of fused-ring (bicyclic) bond motifs is 2. The summed E-state index contributed by atoms with van der Waals surface area (Å²) in [6, 6.07) is 19.8. The van der Waals surface area contributed by atoms with Gasteiger partial charge in [0.2, 0.25) is 12.1 Å². The van der Waals surface area contributed by atoms with Crippen LogP contribution in [0.5, 0.6) is 0 Å². The van der Waals surface area contributed by atoms with Crippen molar-refractivity contribution >= 4 is 41.3 Å². The smallest absolute Gasteiger partial charge is 0.237 e. The maximum absolute atomic E-state index is 13.8. The molecule has 2 saturated heterocycles. The summed E-state index contributed by atoms with van der Waals surface area (Å²) in [6.07, 6.45) is -1.85. The van der Waals surface area contributed by atoms with Gasteiger partial charge in [0.15, 0.2) is 12.3 Å². The third-order valence-electron chi connectivity index (χ3n) is 5.97. The molecule has 4 aliphatic heterocycles. The lowest BCUT2D eigenvalue weighted by Gasteiger charge is -2.03. The van der Waals surface area contributed by atoms with Gasteiger partial charge < -0.3 is 0 Å². The Bertz CT molecular complexity index is 1030. The van der Waals surface area contributed by atoms with Crippen LogP contribution in [0.3, 0.4) is 0 Å². The molecule has 6 rings (SSSR count). The van der Waals surface area contributed by atoms with Crippen molar-refractivity contribution in [1.29, 1.82) is 0 Å². The second kappa shape index (κ2) is 8.97. The monoisotopic (exact) mass is 564 g/mol. The molecule has 2 fully saturated rings. The number of amidine groups is 2. The SMILES string of the molecule is F[C@@H]1C[C@H](c2ccccc2)[N+]2=NC(Br)=NC12.F[C@H]1C[C@@H](c2ccccc2)[N+]2=NC(Br)=NC12. The molecule has 6 atom stereocenters. The number of aliphatic imine (C=N–C) groups is 2. The standard InChI is InChI=1S/2C11H10BrFN3/c2*12-11-14-10-8(13)6-9(16(10)15-11)7-4-2-1-3-5-7/h2*1-5,8-10H,6H2/q2*+1/t2*8-,9-,10?/m10/s1. The molecule has 32 heavy (non-hydrogen) atoms. The second-order valence-corrected chi connectivity index (χ2v) is 9.36. The zero-order valence-electron chi connectivity index (χ0n) is 16.8. The van der Waals surface area contributed by atoms with Crippen LogP contribution < -0.4 is 0 Å². The molecular formula is C22H20Br2F2N6+2. The molecule has 0 bridgehead atoms. The van der Waals surface area contributed by atoms with E-state index in [1.54, 1.807) is 9.39 Å². The van der Waals surface area contributed by atoms with E-state index in [0.29, 0.717) is 22.3 Å². The minimum Gasteiger partial charge on any atom is -0.237 e. The van der Waals surface area contributed by atoms with Gasteiger partial charge in [0.1, 0.15) is 0 Å². The van der Waals surface area contributed by atoms with Crippen LogP contribution in [-0.2, 0) is 0 Å². The van der Waals surface area contributed by atoms with E-state index in [0.717, 1.165) is 11.1 Å². The number of azo groups is 4. The Morgan fingerprint density at radius 1 is 0.656 bits per heavy atom. The lowest BCUT2D eigenvalue weighted by Crippen LogP contribution is -2.19. The van der Waals surface area contributed by atoms with E-state index in [1.165, 1.54) is 0 Å². The number of alkyl halides is 2. The molecule has 0 N–H and O–H groups in total. The van der Waals surface area contributed by atoms with Crippen molar-refractivity contribution in [3.05, 3.63) is 71.8 Å². The summed E-state index contributed by atoms with van der Waals surface area (Å²) in [5.74, 6) is 0. The van der Waals surface area contributed by atoms with Gasteiger partial charge in [-0.25, -0.2) is 8.78 Å². The van der Waals surface area contributed by atoms with Crippen molar-refractivity contribution in [3.8, 4) is 0 Å². The molecule has 2 aromatic carbocycles. The third kappa shape index (κ3) is 4.10. The maximum Gasteiger partial charge on any atom is 0.305 e. The van der Waals surface area contributed by atoms with Crippen molar-refractivity contribution in [2.45, 2.75) is 49.6 Å². The van der Waals surface area contributed by atoms with Crippen LogP contribution >= 0.6 is 31.9 Å². The highest BCUT2D eigenvalue weighted by molar-refractivity contribution is 9.18. The van der Waals surface area contributed by atoms with Gasteiger partial charge in [-0.3, -0.25) is 0 Å². The summed E-state index contributed by atoms with van der Waals surface area (Å²) in [4.78, 5) is 8.25. The topological polar surface area (TPSA) is 55.5 Å². The van der Waals surface area contributed by atoms with Crippen molar-refractivity contribution in [1.82, 2.24) is 0 Å². The summed E-state index contributed by atoms with van der Waals surface area (Å²) in [7, 11) is 0. The highest BCUT2D eigenvalue weighted by Crippen LogP contribution is 2.39. The van der Waals surface area contributed by atoms with Gasteiger partial charge in [-0.15, -0.1) is 0 Å². The molecule has 6 nitrogen and oxygen atoms in total. The minimum absolute atomic E-state index is 0. The Morgan fingerprint density at radius 2 is 1.03 bits per heavy atom. The highest BCUT2D eigenvalue weighted by Gasteiger charge is 2.52. The molecule has 0 aliphatic carbocycles. The molecule has 0 saturated carbocycles. The summed E-state index contributed by atoms with van der Waals surface area (Å²) >= 11 is 6.39. The number of benzene rings is 2. The van der Waals surface area contributed by atoms with Crippen LogP contribution in [-0.4, -0.2) is 43.6 Å². The van der Waals surface area contributed by atoms with E-state index in [2.05, 4.69) is 52.1 Å². The molecule has 2 unspecified atom stereocenters. The predicted molar refractivity (Wildman–Crippen MR) is 123 cm³/mol. The molecule has 4 heterocycles.